The molecule has 0 aromatic carbocycles. The summed E-state index contributed by atoms with van der Waals surface area (Å²) >= 11 is 0. The summed E-state index contributed by atoms with van der Waals surface area (Å²) in [6.07, 6.45) is -4.21. The maximum absolute atomic E-state index is 12.0. The fourth-order valence-electron chi connectivity index (χ4n) is 1.19. The van der Waals surface area contributed by atoms with E-state index in [1.54, 1.807) is 12.1 Å². The predicted molar refractivity (Wildman–Crippen MR) is 49.1 cm³/mol. The third-order valence-electron chi connectivity index (χ3n) is 2.11. The number of hydrogen-bond donors (Lipinski definition) is 1. The van der Waals surface area contributed by atoms with Crippen LogP contribution in [0.5, 0.6) is 0 Å². The molecule has 0 aliphatic rings. The molecule has 0 saturated carbocycles. The smallest absolute Gasteiger partial charge is 0.384 e. The summed E-state index contributed by atoms with van der Waals surface area (Å²) in [5.41, 5.74) is -1.27. The van der Waals surface area contributed by atoms with Gasteiger partial charge >= 0.3 is 6.18 Å². The molecule has 1 atom stereocenters. The molecule has 0 aliphatic carbocycles. The quantitative estimate of drug-likeness (QED) is 0.847. The van der Waals surface area contributed by atoms with Crippen LogP contribution < -0.4 is 0 Å². The summed E-state index contributed by atoms with van der Waals surface area (Å²) in [5.74, 6) is 0. The Morgan fingerprint density at radius 2 is 1.93 bits per heavy atom. The minimum absolute atomic E-state index is 0.259. The summed E-state index contributed by atoms with van der Waals surface area (Å²) < 4.78 is 35.9. The van der Waals surface area contributed by atoms with Gasteiger partial charge in [0.25, 0.3) is 0 Å². The number of nitrogens with zero attached hydrogens (tertiary/aromatic N) is 1. The van der Waals surface area contributed by atoms with Crippen LogP contribution in [-0.2, 0) is 5.60 Å². The highest BCUT2D eigenvalue weighted by atomic mass is 19.4. The van der Waals surface area contributed by atoms with Gasteiger partial charge < -0.3 is 5.11 Å². The zero-order chi connectivity index (χ0) is 11.5. The molecular formula is C10H12F3NO. The van der Waals surface area contributed by atoms with Gasteiger partial charge in [-0.15, -0.1) is 0 Å². The maximum Gasteiger partial charge on any atom is 0.389 e. The molecule has 1 rings (SSSR count). The Hall–Kier alpha value is -1.10. The summed E-state index contributed by atoms with van der Waals surface area (Å²) in [6, 6.07) is 4.78. The highest BCUT2D eigenvalue weighted by Crippen LogP contribution is 2.30. The lowest BCUT2D eigenvalue weighted by Gasteiger charge is -2.23. The largest absolute Gasteiger partial charge is 0.389 e. The maximum atomic E-state index is 12.0. The number of aromatic nitrogens is 1. The first kappa shape index (κ1) is 12.0. The van der Waals surface area contributed by atoms with Crippen molar-refractivity contribution in [1.29, 1.82) is 0 Å². The molecule has 84 valence electrons. The molecule has 1 heterocycles. The number of alkyl halides is 3. The summed E-state index contributed by atoms with van der Waals surface area (Å²) in [5, 5.41) is 9.79. The van der Waals surface area contributed by atoms with Gasteiger partial charge in [0, 0.05) is 12.6 Å². The van der Waals surface area contributed by atoms with Crippen molar-refractivity contribution in [2.45, 2.75) is 31.5 Å². The minimum atomic E-state index is -4.25. The lowest BCUT2D eigenvalue weighted by Crippen LogP contribution is -2.25. The molecule has 0 fully saturated rings. The van der Waals surface area contributed by atoms with E-state index < -0.39 is 18.2 Å². The Morgan fingerprint density at radius 1 is 1.27 bits per heavy atom. The zero-order valence-corrected chi connectivity index (χ0v) is 8.25. The molecule has 0 radical (unpaired) electrons. The van der Waals surface area contributed by atoms with Crippen LogP contribution in [0.1, 0.15) is 25.5 Å². The Bertz CT molecular complexity index is 308. The third kappa shape index (κ3) is 3.87. The van der Waals surface area contributed by atoms with Crippen molar-refractivity contribution in [3.05, 3.63) is 30.1 Å². The molecule has 0 aliphatic heterocycles. The first-order chi connectivity index (χ1) is 6.81. The first-order valence-corrected chi connectivity index (χ1v) is 4.52. The van der Waals surface area contributed by atoms with E-state index in [1.807, 2.05) is 0 Å². The van der Waals surface area contributed by atoms with Crippen LogP contribution in [0.15, 0.2) is 24.4 Å². The molecule has 0 saturated heterocycles. The van der Waals surface area contributed by atoms with Gasteiger partial charge in [-0.05, 0) is 25.5 Å². The standard InChI is InChI=1S/C10H12F3NO/c1-9(15,5-6-10(11,12)13)8-4-2-3-7-14-8/h2-4,7,15H,5-6H2,1H3. The average Bonchev–Trinajstić information content (AvgIpc) is 2.16. The van der Waals surface area contributed by atoms with Gasteiger partial charge in [-0.3, -0.25) is 4.98 Å². The van der Waals surface area contributed by atoms with E-state index in [0.717, 1.165) is 0 Å². The SMILES string of the molecule is CC(O)(CCC(F)(F)F)c1ccccn1. The fraction of sp³-hybridized carbons (Fsp3) is 0.500. The van der Waals surface area contributed by atoms with Crippen LogP contribution in [-0.4, -0.2) is 16.3 Å². The van der Waals surface area contributed by atoms with Gasteiger partial charge in [-0.1, -0.05) is 6.07 Å². The summed E-state index contributed by atoms with van der Waals surface area (Å²) in [7, 11) is 0. The first-order valence-electron chi connectivity index (χ1n) is 4.52. The van der Waals surface area contributed by atoms with Crippen molar-refractivity contribution in [3.63, 3.8) is 0 Å². The zero-order valence-electron chi connectivity index (χ0n) is 8.25. The second-order valence-electron chi connectivity index (χ2n) is 3.60. The Morgan fingerprint density at radius 3 is 2.40 bits per heavy atom. The van der Waals surface area contributed by atoms with Gasteiger partial charge in [0.1, 0.15) is 5.60 Å². The summed E-state index contributed by atoms with van der Waals surface area (Å²) in [4.78, 5) is 3.83. The van der Waals surface area contributed by atoms with Gasteiger partial charge in [0.2, 0.25) is 0 Å². The van der Waals surface area contributed by atoms with Gasteiger partial charge in [-0.2, -0.15) is 13.2 Å². The molecule has 1 aromatic heterocycles. The van der Waals surface area contributed by atoms with Crippen molar-refractivity contribution in [2.75, 3.05) is 0 Å². The molecule has 1 unspecified atom stereocenters. The highest BCUT2D eigenvalue weighted by molar-refractivity contribution is 5.11. The van der Waals surface area contributed by atoms with E-state index in [4.69, 9.17) is 0 Å². The molecule has 0 spiro atoms. The van der Waals surface area contributed by atoms with Crippen LogP contribution in [0.4, 0.5) is 13.2 Å². The lowest BCUT2D eigenvalue weighted by molar-refractivity contribution is -0.146. The monoisotopic (exact) mass is 219 g/mol. The number of halogens is 3. The Labute approximate surface area is 85.8 Å². The molecule has 0 bridgehead atoms. The van der Waals surface area contributed by atoms with Crippen molar-refractivity contribution in [1.82, 2.24) is 4.98 Å². The Balaban J connectivity index is 2.68. The number of hydrogen-bond acceptors (Lipinski definition) is 2. The van der Waals surface area contributed by atoms with Crippen molar-refractivity contribution < 1.29 is 18.3 Å². The average molecular weight is 219 g/mol. The normalized spacial score (nSPS) is 16.1. The van der Waals surface area contributed by atoms with Gasteiger partial charge in [-0.25, -0.2) is 0 Å². The van der Waals surface area contributed by atoms with Gasteiger partial charge in [0.05, 0.1) is 5.69 Å². The van der Waals surface area contributed by atoms with E-state index in [9.17, 15) is 18.3 Å². The fourth-order valence-corrected chi connectivity index (χ4v) is 1.19. The molecule has 2 nitrogen and oxygen atoms in total. The van der Waals surface area contributed by atoms with Crippen LogP contribution in [0.25, 0.3) is 0 Å². The Kier molecular flexibility index (Phi) is 3.34. The van der Waals surface area contributed by atoms with E-state index in [-0.39, 0.29) is 12.1 Å². The number of rotatable bonds is 3. The van der Waals surface area contributed by atoms with Crippen molar-refractivity contribution in [3.8, 4) is 0 Å². The van der Waals surface area contributed by atoms with Crippen molar-refractivity contribution >= 4 is 0 Å². The highest BCUT2D eigenvalue weighted by Gasteiger charge is 2.33. The molecule has 1 aromatic rings. The van der Waals surface area contributed by atoms with Gasteiger partial charge in [0.15, 0.2) is 0 Å². The summed E-state index contributed by atoms with van der Waals surface area (Å²) in [6.45, 7) is 1.33. The van der Waals surface area contributed by atoms with Crippen LogP contribution >= 0.6 is 0 Å². The third-order valence-corrected chi connectivity index (χ3v) is 2.11. The second-order valence-corrected chi connectivity index (χ2v) is 3.60. The van der Waals surface area contributed by atoms with E-state index in [0.29, 0.717) is 0 Å². The number of pyridine rings is 1. The van der Waals surface area contributed by atoms with E-state index in [1.165, 1.54) is 19.2 Å². The van der Waals surface area contributed by atoms with Crippen LogP contribution in [0.3, 0.4) is 0 Å². The lowest BCUT2D eigenvalue weighted by atomic mass is 9.95. The topological polar surface area (TPSA) is 33.1 Å². The molecule has 1 N–H and O–H groups in total. The molecule has 15 heavy (non-hydrogen) atoms. The van der Waals surface area contributed by atoms with E-state index >= 15 is 0 Å². The predicted octanol–water partition coefficient (Wildman–Crippen LogP) is 2.63. The number of aliphatic hydroxyl groups is 1. The van der Waals surface area contributed by atoms with Crippen LogP contribution in [0.2, 0.25) is 0 Å². The van der Waals surface area contributed by atoms with Crippen molar-refractivity contribution in [2.24, 2.45) is 0 Å². The van der Waals surface area contributed by atoms with Crippen LogP contribution in [0, 0.1) is 0 Å². The molecule has 5 heteroatoms. The minimum Gasteiger partial charge on any atom is -0.384 e. The molecular weight excluding hydrogens is 207 g/mol. The molecule has 0 amide bonds. The second kappa shape index (κ2) is 4.18. The van der Waals surface area contributed by atoms with E-state index in [2.05, 4.69) is 4.98 Å².